The molecule has 2 atom stereocenters. The van der Waals surface area contributed by atoms with Crippen LogP contribution in [0.5, 0.6) is 0 Å². The van der Waals surface area contributed by atoms with E-state index in [-0.39, 0.29) is 11.5 Å². The van der Waals surface area contributed by atoms with E-state index in [0.717, 1.165) is 18.7 Å². The summed E-state index contributed by atoms with van der Waals surface area (Å²) in [5.74, 6) is -4.89. The quantitative estimate of drug-likeness (QED) is 0.415. The van der Waals surface area contributed by atoms with E-state index in [1.807, 2.05) is 0 Å². The van der Waals surface area contributed by atoms with Crippen LogP contribution in [0.2, 0.25) is 0 Å². The largest absolute Gasteiger partial charge is 0.481 e. The third-order valence-electron chi connectivity index (χ3n) is 4.20. The molecule has 0 heterocycles. The number of ether oxygens (including phenoxy) is 1. The number of carbonyl (C=O) groups excluding carboxylic acids is 3. The molecule has 0 aromatic heterocycles. The lowest BCUT2D eigenvalue weighted by Crippen LogP contribution is -2.46. The fourth-order valence-corrected chi connectivity index (χ4v) is 3.34. The zero-order chi connectivity index (χ0) is 24.8. The molecule has 178 valence electrons. The molecule has 1 amide bonds. The second kappa shape index (κ2) is 14.6. The number of hydrogen-bond donors (Lipinski definition) is 3. The Balaban J connectivity index is 0.000000442. The summed E-state index contributed by atoms with van der Waals surface area (Å²) in [7, 11) is 0. The van der Waals surface area contributed by atoms with E-state index in [1.54, 1.807) is 0 Å². The van der Waals surface area contributed by atoms with E-state index in [2.05, 4.69) is 58.6 Å². The molecule has 0 aliphatic carbocycles. The molecule has 2 aromatic rings. The van der Waals surface area contributed by atoms with Gasteiger partial charge in [-0.15, -0.1) is 11.8 Å². The van der Waals surface area contributed by atoms with Crippen molar-refractivity contribution < 1.29 is 38.9 Å². The standard InChI is InChI=1S/C13H19NO8S.C10H8/c1-7(5-23-6-12(19)20)13(21)14-9(3-11(17)18)10(16)4-22-8(2)15;1-2-6-10-8-4-3-7-9(10)5-1/h7,9H,3-6H2,1-2H3,(H,14,21)(H,17,18)(H,19,20);1-8H. The lowest BCUT2D eigenvalue weighted by molar-refractivity contribution is -0.147. The van der Waals surface area contributed by atoms with Gasteiger partial charge in [-0.2, -0.15) is 0 Å². The summed E-state index contributed by atoms with van der Waals surface area (Å²) in [4.78, 5) is 55.6. The first kappa shape index (κ1) is 27.6. The van der Waals surface area contributed by atoms with Gasteiger partial charge in [0.05, 0.1) is 12.2 Å². The molecule has 10 heteroatoms. The Morgan fingerprint density at radius 3 is 1.88 bits per heavy atom. The highest BCUT2D eigenvalue weighted by atomic mass is 32.2. The third kappa shape index (κ3) is 11.7. The van der Waals surface area contributed by atoms with E-state index >= 15 is 0 Å². The Morgan fingerprint density at radius 1 is 0.939 bits per heavy atom. The first-order valence-electron chi connectivity index (χ1n) is 10.0. The molecular weight excluding hydrogens is 450 g/mol. The average molecular weight is 478 g/mol. The van der Waals surface area contributed by atoms with Gasteiger partial charge in [0.25, 0.3) is 0 Å². The summed E-state index contributed by atoms with van der Waals surface area (Å²) >= 11 is 1.03. The number of ketones is 1. The molecule has 0 bridgehead atoms. The molecule has 2 unspecified atom stereocenters. The van der Waals surface area contributed by atoms with E-state index in [1.165, 1.54) is 17.7 Å². The van der Waals surface area contributed by atoms with Crippen LogP contribution in [0.25, 0.3) is 10.8 Å². The summed E-state index contributed by atoms with van der Waals surface area (Å²) in [6.45, 7) is 1.99. The monoisotopic (exact) mass is 477 g/mol. The highest BCUT2D eigenvalue weighted by molar-refractivity contribution is 7.99. The number of carboxylic acids is 2. The van der Waals surface area contributed by atoms with Crippen LogP contribution in [-0.2, 0) is 28.7 Å². The zero-order valence-electron chi connectivity index (χ0n) is 18.4. The third-order valence-corrected chi connectivity index (χ3v) is 5.39. The van der Waals surface area contributed by atoms with Crippen molar-refractivity contribution in [1.82, 2.24) is 5.32 Å². The van der Waals surface area contributed by atoms with Crippen LogP contribution in [-0.4, -0.2) is 64.0 Å². The van der Waals surface area contributed by atoms with E-state index < -0.39 is 54.6 Å². The Bertz CT molecular complexity index is 912. The van der Waals surface area contributed by atoms with E-state index in [0.29, 0.717) is 0 Å². The number of thioether (sulfide) groups is 1. The highest BCUT2D eigenvalue weighted by Gasteiger charge is 2.26. The number of fused-ring (bicyclic) bond motifs is 1. The van der Waals surface area contributed by atoms with Crippen LogP contribution in [0.4, 0.5) is 0 Å². The van der Waals surface area contributed by atoms with Crippen LogP contribution in [0.3, 0.4) is 0 Å². The normalized spacial score (nSPS) is 11.9. The topological polar surface area (TPSA) is 147 Å². The number of hydrogen-bond acceptors (Lipinski definition) is 7. The molecule has 0 fully saturated rings. The van der Waals surface area contributed by atoms with Crippen molar-refractivity contribution in [3.63, 3.8) is 0 Å². The zero-order valence-corrected chi connectivity index (χ0v) is 19.2. The number of Topliss-reactive ketones (excluding diaryl/α,β-unsaturated/α-hetero) is 1. The molecular formula is C23H27NO8S. The van der Waals surface area contributed by atoms with Crippen molar-refractivity contribution in [2.75, 3.05) is 18.1 Å². The maximum Gasteiger partial charge on any atom is 0.313 e. The predicted molar refractivity (Wildman–Crippen MR) is 124 cm³/mol. The van der Waals surface area contributed by atoms with Gasteiger partial charge in [0.2, 0.25) is 5.91 Å². The minimum absolute atomic E-state index is 0.165. The SMILES string of the molecule is CC(=O)OCC(=O)C(CC(=O)O)NC(=O)C(C)CSCC(=O)O.c1ccc2ccccc2c1. The summed E-state index contributed by atoms with van der Waals surface area (Å²) in [6.07, 6.45) is -0.638. The molecule has 9 nitrogen and oxygen atoms in total. The van der Waals surface area contributed by atoms with Crippen molar-refractivity contribution in [3.05, 3.63) is 48.5 Å². The average Bonchev–Trinajstić information content (AvgIpc) is 2.76. The molecule has 0 saturated heterocycles. The number of nitrogens with one attached hydrogen (secondary N) is 1. The Morgan fingerprint density at radius 2 is 1.45 bits per heavy atom. The lowest BCUT2D eigenvalue weighted by Gasteiger charge is -2.18. The van der Waals surface area contributed by atoms with Gasteiger partial charge in [-0.05, 0) is 10.8 Å². The number of esters is 1. The van der Waals surface area contributed by atoms with Crippen molar-refractivity contribution in [2.24, 2.45) is 5.92 Å². The van der Waals surface area contributed by atoms with Crippen LogP contribution in [0.1, 0.15) is 20.3 Å². The van der Waals surface area contributed by atoms with Crippen LogP contribution < -0.4 is 5.32 Å². The summed E-state index contributed by atoms with van der Waals surface area (Å²) < 4.78 is 4.50. The van der Waals surface area contributed by atoms with Crippen molar-refractivity contribution in [3.8, 4) is 0 Å². The molecule has 33 heavy (non-hydrogen) atoms. The Hall–Kier alpha value is -3.40. The number of aliphatic carboxylic acids is 2. The van der Waals surface area contributed by atoms with Crippen molar-refractivity contribution in [2.45, 2.75) is 26.3 Å². The van der Waals surface area contributed by atoms with Gasteiger partial charge in [0.1, 0.15) is 6.04 Å². The number of benzene rings is 2. The van der Waals surface area contributed by atoms with Gasteiger partial charge in [0.15, 0.2) is 12.4 Å². The van der Waals surface area contributed by atoms with Crippen molar-refractivity contribution in [1.29, 1.82) is 0 Å². The lowest BCUT2D eigenvalue weighted by atomic mass is 10.1. The summed E-state index contributed by atoms with van der Waals surface area (Å²) in [6, 6.07) is 15.4. The van der Waals surface area contributed by atoms with Crippen molar-refractivity contribution >= 4 is 52.1 Å². The van der Waals surface area contributed by atoms with Gasteiger partial charge >= 0.3 is 17.9 Å². The molecule has 0 spiro atoms. The Labute approximate surface area is 195 Å². The predicted octanol–water partition coefficient (Wildman–Crippen LogP) is 2.37. The minimum Gasteiger partial charge on any atom is -0.481 e. The second-order valence-corrected chi connectivity index (χ2v) is 8.09. The highest BCUT2D eigenvalue weighted by Crippen LogP contribution is 2.11. The smallest absolute Gasteiger partial charge is 0.313 e. The molecule has 3 N–H and O–H groups in total. The van der Waals surface area contributed by atoms with Gasteiger partial charge in [0, 0.05) is 18.6 Å². The minimum atomic E-state index is -1.31. The molecule has 2 aromatic carbocycles. The van der Waals surface area contributed by atoms with Crippen LogP contribution >= 0.6 is 11.8 Å². The van der Waals surface area contributed by atoms with Gasteiger partial charge in [-0.3, -0.25) is 24.0 Å². The molecule has 0 aliphatic rings. The summed E-state index contributed by atoms with van der Waals surface area (Å²) in [5, 5.41) is 22.2. The maximum atomic E-state index is 11.9. The van der Waals surface area contributed by atoms with Crippen LogP contribution in [0, 0.1) is 5.92 Å². The number of carboxylic acid groups (broad SMARTS) is 2. The van der Waals surface area contributed by atoms with Gasteiger partial charge in [-0.1, -0.05) is 55.5 Å². The second-order valence-electron chi connectivity index (χ2n) is 7.06. The van der Waals surface area contributed by atoms with Gasteiger partial charge in [-0.25, -0.2) is 0 Å². The number of rotatable bonds is 11. The molecule has 0 radical (unpaired) electrons. The van der Waals surface area contributed by atoms with E-state index in [4.69, 9.17) is 10.2 Å². The molecule has 0 saturated carbocycles. The fraction of sp³-hybridized carbons (Fsp3) is 0.348. The number of carbonyl (C=O) groups is 5. The fourth-order valence-electron chi connectivity index (χ4n) is 2.54. The summed E-state index contributed by atoms with van der Waals surface area (Å²) in [5.41, 5.74) is 0. The van der Waals surface area contributed by atoms with E-state index in [9.17, 15) is 24.0 Å². The number of amides is 1. The molecule has 0 aliphatic heterocycles. The molecule has 2 rings (SSSR count). The van der Waals surface area contributed by atoms with Crippen LogP contribution in [0.15, 0.2) is 48.5 Å². The first-order valence-corrected chi connectivity index (χ1v) is 11.2. The Kier molecular flexibility index (Phi) is 12.2. The van der Waals surface area contributed by atoms with Gasteiger partial charge < -0.3 is 20.3 Å². The first-order chi connectivity index (χ1) is 15.6. The maximum absolute atomic E-state index is 11.9.